The van der Waals surface area contributed by atoms with E-state index in [-0.39, 0.29) is 16.3 Å². The maximum atomic E-state index is 13.3. The Hall–Kier alpha value is -1.84. The van der Waals surface area contributed by atoms with Gasteiger partial charge in [0.2, 0.25) is 5.91 Å². The van der Waals surface area contributed by atoms with Crippen molar-refractivity contribution in [2.45, 2.75) is 35.9 Å². The van der Waals surface area contributed by atoms with Crippen molar-refractivity contribution in [3.8, 4) is 0 Å². The molecule has 3 rings (SSSR count). The van der Waals surface area contributed by atoms with Gasteiger partial charge < -0.3 is 5.32 Å². The Balaban J connectivity index is 1.72. The first-order chi connectivity index (χ1) is 12.4. The molecule has 5 nitrogen and oxygen atoms in total. The standard InChI is InChI=1S/C17H18F2N2O3S2/c18-14-7-6-12(10-15(14)19)20-16(22)11-13-4-1-2-8-21(13)26(23,24)17-5-3-9-25-17/h3,5-7,9-10,13H,1-2,4,8,11H2,(H,20,22). The number of amides is 1. The van der Waals surface area contributed by atoms with Crippen LogP contribution in [0.15, 0.2) is 39.9 Å². The molecule has 0 saturated carbocycles. The largest absolute Gasteiger partial charge is 0.326 e. The van der Waals surface area contributed by atoms with Gasteiger partial charge in [0.25, 0.3) is 10.0 Å². The van der Waals surface area contributed by atoms with E-state index in [2.05, 4.69) is 5.32 Å². The van der Waals surface area contributed by atoms with E-state index in [9.17, 15) is 22.0 Å². The summed E-state index contributed by atoms with van der Waals surface area (Å²) in [5.74, 6) is -2.49. The van der Waals surface area contributed by atoms with E-state index in [0.29, 0.717) is 13.0 Å². The van der Waals surface area contributed by atoms with E-state index < -0.39 is 33.6 Å². The molecule has 1 unspecified atom stereocenters. The van der Waals surface area contributed by atoms with Crippen molar-refractivity contribution < 1.29 is 22.0 Å². The molecule has 1 saturated heterocycles. The lowest BCUT2D eigenvalue weighted by Crippen LogP contribution is -2.45. The van der Waals surface area contributed by atoms with Gasteiger partial charge in [-0.25, -0.2) is 17.2 Å². The van der Waals surface area contributed by atoms with Gasteiger partial charge in [0.15, 0.2) is 11.6 Å². The molecule has 1 amide bonds. The summed E-state index contributed by atoms with van der Waals surface area (Å²) in [4.78, 5) is 12.3. The molecule has 0 aliphatic carbocycles. The summed E-state index contributed by atoms with van der Waals surface area (Å²) in [6, 6.07) is 5.85. The van der Waals surface area contributed by atoms with Crippen LogP contribution < -0.4 is 5.32 Å². The number of nitrogens with one attached hydrogen (secondary N) is 1. The number of rotatable bonds is 5. The van der Waals surface area contributed by atoms with Crippen LogP contribution in [0.25, 0.3) is 0 Å². The minimum Gasteiger partial charge on any atom is -0.326 e. The summed E-state index contributed by atoms with van der Waals surface area (Å²) >= 11 is 1.14. The van der Waals surface area contributed by atoms with Crippen molar-refractivity contribution in [1.29, 1.82) is 0 Å². The lowest BCUT2D eigenvalue weighted by atomic mass is 10.0. The number of hydrogen-bond acceptors (Lipinski definition) is 4. The zero-order valence-electron chi connectivity index (χ0n) is 13.8. The molecule has 0 radical (unpaired) electrons. The first-order valence-corrected chi connectivity index (χ1v) is 10.5. The van der Waals surface area contributed by atoms with E-state index in [0.717, 1.165) is 36.3 Å². The van der Waals surface area contributed by atoms with Gasteiger partial charge in [-0.05, 0) is 36.4 Å². The number of anilines is 1. The van der Waals surface area contributed by atoms with Gasteiger partial charge in [0.1, 0.15) is 4.21 Å². The van der Waals surface area contributed by atoms with Crippen LogP contribution in [0.3, 0.4) is 0 Å². The Bertz CT molecular complexity index is 885. The topological polar surface area (TPSA) is 66.5 Å². The van der Waals surface area contributed by atoms with Crippen molar-refractivity contribution in [3.05, 3.63) is 47.3 Å². The lowest BCUT2D eigenvalue weighted by molar-refractivity contribution is -0.117. The molecular weight excluding hydrogens is 382 g/mol. The average molecular weight is 400 g/mol. The number of hydrogen-bond donors (Lipinski definition) is 1. The number of nitrogens with zero attached hydrogens (tertiary/aromatic N) is 1. The van der Waals surface area contributed by atoms with Crippen molar-refractivity contribution in [2.24, 2.45) is 0 Å². The van der Waals surface area contributed by atoms with E-state index in [1.54, 1.807) is 17.5 Å². The minimum absolute atomic E-state index is 0.0381. The summed E-state index contributed by atoms with van der Waals surface area (Å²) in [7, 11) is -3.64. The first kappa shape index (κ1) is 18.9. The summed E-state index contributed by atoms with van der Waals surface area (Å²) in [6.45, 7) is 0.364. The molecule has 0 bridgehead atoms. The van der Waals surface area contributed by atoms with E-state index in [4.69, 9.17) is 0 Å². The van der Waals surface area contributed by atoms with Gasteiger partial charge in [-0.15, -0.1) is 11.3 Å². The van der Waals surface area contributed by atoms with Gasteiger partial charge in [0, 0.05) is 30.8 Å². The number of carbonyl (C=O) groups is 1. The maximum Gasteiger partial charge on any atom is 0.252 e. The molecule has 0 spiro atoms. The molecule has 1 fully saturated rings. The average Bonchev–Trinajstić information content (AvgIpc) is 3.14. The van der Waals surface area contributed by atoms with Crippen LogP contribution >= 0.6 is 11.3 Å². The van der Waals surface area contributed by atoms with Crippen molar-refractivity contribution in [1.82, 2.24) is 4.31 Å². The fraction of sp³-hybridized carbons (Fsp3) is 0.353. The van der Waals surface area contributed by atoms with Gasteiger partial charge >= 0.3 is 0 Å². The zero-order chi connectivity index (χ0) is 18.7. The Morgan fingerprint density at radius 2 is 2.04 bits per heavy atom. The lowest BCUT2D eigenvalue weighted by Gasteiger charge is -2.34. The zero-order valence-corrected chi connectivity index (χ0v) is 15.5. The first-order valence-electron chi connectivity index (χ1n) is 8.18. The van der Waals surface area contributed by atoms with Crippen LogP contribution in [0.4, 0.5) is 14.5 Å². The molecule has 1 aliphatic rings. The third-order valence-corrected chi connectivity index (χ3v) is 7.58. The molecule has 140 valence electrons. The normalized spacial score (nSPS) is 18.6. The number of carbonyl (C=O) groups excluding carboxylic acids is 1. The molecule has 26 heavy (non-hydrogen) atoms. The van der Waals surface area contributed by atoms with Crippen LogP contribution in [-0.4, -0.2) is 31.2 Å². The Morgan fingerprint density at radius 1 is 1.23 bits per heavy atom. The van der Waals surface area contributed by atoms with E-state index >= 15 is 0 Å². The third-order valence-electron chi connectivity index (χ3n) is 4.26. The number of piperidine rings is 1. The quantitative estimate of drug-likeness (QED) is 0.834. The second kappa shape index (κ2) is 7.81. The smallest absolute Gasteiger partial charge is 0.252 e. The van der Waals surface area contributed by atoms with Crippen LogP contribution in [0.5, 0.6) is 0 Å². The van der Waals surface area contributed by atoms with E-state index in [1.165, 1.54) is 10.4 Å². The third kappa shape index (κ3) is 4.11. The van der Waals surface area contributed by atoms with Crippen LogP contribution in [-0.2, 0) is 14.8 Å². The fourth-order valence-electron chi connectivity index (χ4n) is 3.02. The molecule has 2 heterocycles. The Kier molecular flexibility index (Phi) is 5.69. The molecule has 1 aromatic heterocycles. The van der Waals surface area contributed by atoms with Crippen molar-refractivity contribution in [3.63, 3.8) is 0 Å². The molecular formula is C17H18F2N2O3S2. The maximum absolute atomic E-state index is 13.3. The highest BCUT2D eigenvalue weighted by atomic mass is 32.2. The predicted molar refractivity (Wildman–Crippen MR) is 95.5 cm³/mol. The monoisotopic (exact) mass is 400 g/mol. The molecule has 9 heteroatoms. The summed E-state index contributed by atoms with van der Waals surface area (Å²) in [5.41, 5.74) is 0.136. The van der Waals surface area contributed by atoms with Crippen LogP contribution in [0, 0.1) is 11.6 Å². The van der Waals surface area contributed by atoms with Gasteiger partial charge in [0.05, 0.1) is 0 Å². The number of halogens is 2. The molecule has 2 aromatic rings. The highest BCUT2D eigenvalue weighted by Crippen LogP contribution is 2.29. The molecule has 1 N–H and O–H groups in total. The van der Waals surface area contributed by atoms with Crippen LogP contribution in [0.1, 0.15) is 25.7 Å². The van der Waals surface area contributed by atoms with Crippen LogP contribution in [0.2, 0.25) is 0 Å². The highest BCUT2D eigenvalue weighted by Gasteiger charge is 2.35. The second-order valence-electron chi connectivity index (χ2n) is 6.08. The summed E-state index contributed by atoms with van der Waals surface area (Å²) < 4.78 is 53.4. The fourth-order valence-corrected chi connectivity index (χ4v) is 5.83. The number of thiophene rings is 1. The Labute approximate surface area is 154 Å². The molecule has 1 aromatic carbocycles. The second-order valence-corrected chi connectivity index (χ2v) is 9.14. The van der Waals surface area contributed by atoms with Crippen molar-refractivity contribution >= 4 is 33.0 Å². The minimum atomic E-state index is -3.64. The van der Waals surface area contributed by atoms with Gasteiger partial charge in [-0.3, -0.25) is 4.79 Å². The highest BCUT2D eigenvalue weighted by molar-refractivity contribution is 7.91. The number of benzene rings is 1. The molecule has 1 atom stereocenters. The summed E-state index contributed by atoms with van der Waals surface area (Å²) in [6.07, 6.45) is 2.12. The summed E-state index contributed by atoms with van der Waals surface area (Å²) in [5, 5.41) is 4.20. The van der Waals surface area contributed by atoms with Gasteiger partial charge in [-0.1, -0.05) is 12.5 Å². The predicted octanol–water partition coefficient (Wildman–Crippen LogP) is 3.60. The van der Waals surface area contributed by atoms with Crippen molar-refractivity contribution in [2.75, 3.05) is 11.9 Å². The number of sulfonamides is 1. The molecule has 1 aliphatic heterocycles. The SMILES string of the molecule is O=C(CC1CCCCN1S(=O)(=O)c1cccs1)Nc1ccc(F)c(F)c1. The van der Waals surface area contributed by atoms with E-state index in [1.807, 2.05) is 0 Å². The Morgan fingerprint density at radius 3 is 2.73 bits per heavy atom. The van der Waals surface area contributed by atoms with Gasteiger partial charge in [-0.2, -0.15) is 4.31 Å².